The first-order valence-electron chi connectivity index (χ1n) is 5.13. The van der Waals surface area contributed by atoms with Crippen molar-refractivity contribution < 1.29 is 0 Å². The van der Waals surface area contributed by atoms with Crippen LogP contribution in [0.2, 0.25) is 0 Å². The molecule has 1 rings (SSSR count). The van der Waals surface area contributed by atoms with Gasteiger partial charge in [-0.15, -0.1) is 0 Å². The maximum absolute atomic E-state index is 2.54. The highest BCUT2D eigenvalue weighted by atomic mass is 15.1. The molecule has 1 heterocycles. The maximum Gasteiger partial charge on any atom is 0.0116 e. The second kappa shape index (κ2) is 3.37. The average Bonchev–Trinajstić information content (AvgIpc) is 1.83. The summed E-state index contributed by atoms with van der Waals surface area (Å²) in [5, 5.41) is 0. The van der Waals surface area contributed by atoms with Gasteiger partial charge in [0.1, 0.15) is 0 Å². The van der Waals surface area contributed by atoms with E-state index in [0.717, 1.165) is 12.0 Å². The minimum atomic E-state index is 0.542. The molecule has 0 radical (unpaired) electrons. The van der Waals surface area contributed by atoms with E-state index in [1.165, 1.54) is 19.4 Å². The van der Waals surface area contributed by atoms with Crippen LogP contribution in [0.1, 0.15) is 40.5 Å². The Balaban J connectivity index is 2.54. The topological polar surface area (TPSA) is 3.24 Å². The largest absolute Gasteiger partial charge is 0.303 e. The van der Waals surface area contributed by atoms with Crippen molar-refractivity contribution >= 4 is 0 Å². The first-order chi connectivity index (χ1) is 5.42. The standard InChI is InChI=1S/C11H23N/c1-9(2)10-6-7-11(3,4)8-12(10)5/h9-10H,6-8H2,1-5H3. The molecule has 1 unspecified atom stereocenters. The van der Waals surface area contributed by atoms with E-state index in [1.807, 2.05) is 0 Å². The zero-order valence-electron chi connectivity index (χ0n) is 9.22. The van der Waals surface area contributed by atoms with Crippen molar-refractivity contribution in [3.8, 4) is 0 Å². The van der Waals surface area contributed by atoms with E-state index in [1.54, 1.807) is 0 Å². The SMILES string of the molecule is CC(C)C1CCC(C)(C)CN1C. The van der Waals surface area contributed by atoms with E-state index in [4.69, 9.17) is 0 Å². The Morgan fingerprint density at radius 1 is 1.33 bits per heavy atom. The Bertz CT molecular complexity index is 149. The monoisotopic (exact) mass is 169 g/mol. The number of piperidine rings is 1. The second-order valence-electron chi connectivity index (χ2n) is 5.43. The van der Waals surface area contributed by atoms with Crippen LogP contribution in [0.15, 0.2) is 0 Å². The molecule has 0 spiro atoms. The first kappa shape index (κ1) is 10.0. The van der Waals surface area contributed by atoms with E-state index < -0.39 is 0 Å². The van der Waals surface area contributed by atoms with Crippen LogP contribution in [0, 0.1) is 11.3 Å². The second-order valence-corrected chi connectivity index (χ2v) is 5.43. The fourth-order valence-corrected chi connectivity index (χ4v) is 2.47. The quantitative estimate of drug-likeness (QED) is 0.583. The van der Waals surface area contributed by atoms with Gasteiger partial charge in [0.25, 0.3) is 0 Å². The third-order valence-electron chi connectivity index (χ3n) is 3.13. The molecular formula is C11H23N. The van der Waals surface area contributed by atoms with E-state index in [2.05, 4.69) is 39.6 Å². The lowest BCUT2D eigenvalue weighted by molar-refractivity contribution is 0.0629. The van der Waals surface area contributed by atoms with Gasteiger partial charge in [-0.25, -0.2) is 0 Å². The average molecular weight is 169 g/mol. The van der Waals surface area contributed by atoms with Gasteiger partial charge in [-0.3, -0.25) is 0 Å². The van der Waals surface area contributed by atoms with E-state index in [9.17, 15) is 0 Å². The number of likely N-dealkylation sites (tertiary alicyclic amines) is 1. The summed E-state index contributed by atoms with van der Waals surface area (Å²) in [5.74, 6) is 0.811. The van der Waals surface area contributed by atoms with Crippen molar-refractivity contribution in [2.24, 2.45) is 11.3 Å². The van der Waals surface area contributed by atoms with Gasteiger partial charge >= 0.3 is 0 Å². The minimum Gasteiger partial charge on any atom is -0.303 e. The number of hydrogen-bond donors (Lipinski definition) is 0. The summed E-state index contributed by atoms with van der Waals surface area (Å²) >= 11 is 0. The predicted octanol–water partition coefficient (Wildman–Crippen LogP) is 2.76. The van der Waals surface area contributed by atoms with Gasteiger partial charge in [0.05, 0.1) is 0 Å². The van der Waals surface area contributed by atoms with Crippen molar-refractivity contribution in [3.63, 3.8) is 0 Å². The normalized spacial score (nSPS) is 31.0. The summed E-state index contributed by atoms with van der Waals surface area (Å²) in [6.45, 7) is 10.7. The molecule has 1 atom stereocenters. The maximum atomic E-state index is 2.54. The molecule has 0 N–H and O–H groups in total. The Labute approximate surface area is 77.1 Å². The van der Waals surface area contributed by atoms with Gasteiger partial charge in [-0.2, -0.15) is 0 Å². The molecule has 0 aromatic carbocycles. The Hall–Kier alpha value is -0.0400. The summed E-state index contributed by atoms with van der Waals surface area (Å²) in [5.41, 5.74) is 0.542. The molecule has 0 amide bonds. The van der Waals surface area contributed by atoms with Crippen LogP contribution >= 0.6 is 0 Å². The number of nitrogens with zero attached hydrogens (tertiary/aromatic N) is 1. The van der Waals surface area contributed by atoms with Crippen molar-refractivity contribution in [1.82, 2.24) is 4.90 Å². The molecule has 1 aliphatic heterocycles. The van der Waals surface area contributed by atoms with E-state index in [-0.39, 0.29) is 0 Å². The van der Waals surface area contributed by atoms with Crippen molar-refractivity contribution in [1.29, 1.82) is 0 Å². The summed E-state index contributed by atoms with van der Waals surface area (Å²) in [7, 11) is 2.27. The van der Waals surface area contributed by atoms with Crippen LogP contribution in [0.4, 0.5) is 0 Å². The van der Waals surface area contributed by atoms with Crippen molar-refractivity contribution in [3.05, 3.63) is 0 Å². The smallest absolute Gasteiger partial charge is 0.0116 e. The summed E-state index contributed by atoms with van der Waals surface area (Å²) in [6, 6.07) is 0.818. The molecule has 0 aromatic rings. The molecule has 1 fully saturated rings. The molecule has 12 heavy (non-hydrogen) atoms. The van der Waals surface area contributed by atoms with E-state index >= 15 is 0 Å². The third kappa shape index (κ3) is 2.22. The van der Waals surface area contributed by atoms with E-state index in [0.29, 0.717) is 5.41 Å². The zero-order valence-corrected chi connectivity index (χ0v) is 9.22. The van der Waals surface area contributed by atoms with Crippen molar-refractivity contribution in [2.75, 3.05) is 13.6 Å². The predicted molar refractivity (Wildman–Crippen MR) is 54.3 cm³/mol. The number of rotatable bonds is 1. The lowest BCUT2D eigenvalue weighted by atomic mass is 9.79. The Morgan fingerprint density at radius 2 is 1.92 bits per heavy atom. The van der Waals surface area contributed by atoms with Crippen LogP contribution in [-0.4, -0.2) is 24.5 Å². The van der Waals surface area contributed by atoms with Gasteiger partial charge in [0.2, 0.25) is 0 Å². The van der Waals surface area contributed by atoms with Gasteiger partial charge < -0.3 is 4.90 Å². The lowest BCUT2D eigenvalue weighted by Gasteiger charge is -2.43. The summed E-state index contributed by atoms with van der Waals surface area (Å²) in [4.78, 5) is 2.54. The minimum absolute atomic E-state index is 0.542. The fourth-order valence-electron chi connectivity index (χ4n) is 2.47. The Kier molecular flexibility index (Phi) is 2.82. The van der Waals surface area contributed by atoms with Crippen LogP contribution in [0.3, 0.4) is 0 Å². The molecule has 0 saturated carbocycles. The first-order valence-corrected chi connectivity index (χ1v) is 5.13. The van der Waals surface area contributed by atoms with Gasteiger partial charge in [0.15, 0.2) is 0 Å². The van der Waals surface area contributed by atoms with Gasteiger partial charge in [-0.05, 0) is 31.2 Å². The molecule has 1 saturated heterocycles. The fraction of sp³-hybridized carbons (Fsp3) is 1.00. The molecule has 1 nitrogen and oxygen atoms in total. The molecule has 1 heteroatoms. The molecule has 0 aliphatic carbocycles. The number of hydrogen-bond acceptors (Lipinski definition) is 1. The van der Waals surface area contributed by atoms with Crippen LogP contribution < -0.4 is 0 Å². The Morgan fingerprint density at radius 3 is 2.33 bits per heavy atom. The summed E-state index contributed by atoms with van der Waals surface area (Å²) in [6.07, 6.45) is 2.77. The van der Waals surface area contributed by atoms with Crippen LogP contribution in [-0.2, 0) is 0 Å². The molecular weight excluding hydrogens is 146 g/mol. The lowest BCUT2D eigenvalue weighted by Crippen LogP contribution is -2.46. The molecule has 0 aromatic heterocycles. The molecule has 0 bridgehead atoms. The van der Waals surface area contributed by atoms with Crippen LogP contribution in [0.5, 0.6) is 0 Å². The highest BCUT2D eigenvalue weighted by Crippen LogP contribution is 2.33. The van der Waals surface area contributed by atoms with Gasteiger partial charge in [-0.1, -0.05) is 27.7 Å². The molecule has 1 aliphatic rings. The third-order valence-corrected chi connectivity index (χ3v) is 3.13. The van der Waals surface area contributed by atoms with Gasteiger partial charge in [0, 0.05) is 12.6 Å². The van der Waals surface area contributed by atoms with Crippen LogP contribution in [0.25, 0.3) is 0 Å². The zero-order chi connectivity index (χ0) is 9.35. The molecule has 72 valence electrons. The van der Waals surface area contributed by atoms with Crippen molar-refractivity contribution in [2.45, 2.75) is 46.6 Å². The highest BCUT2D eigenvalue weighted by Gasteiger charge is 2.31. The highest BCUT2D eigenvalue weighted by molar-refractivity contribution is 4.85. The summed E-state index contributed by atoms with van der Waals surface area (Å²) < 4.78 is 0.